The third-order valence-electron chi connectivity index (χ3n) is 5.39. The SMILES string of the molecule is CC(C)(C)C(=O)N1CCC(C(=O)N2CCN(c3cccc(Cl)n3)CC2)CC1. The number of hydrogen-bond donors (Lipinski definition) is 0. The van der Waals surface area contributed by atoms with Crippen LogP contribution in [-0.2, 0) is 9.59 Å². The predicted octanol–water partition coefficient (Wildman–Crippen LogP) is 2.67. The van der Waals surface area contributed by atoms with Crippen LogP contribution >= 0.6 is 11.6 Å². The Morgan fingerprint density at radius 2 is 1.63 bits per heavy atom. The molecule has 2 fully saturated rings. The predicted molar refractivity (Wildman–Crippen MR) is 107 cm³/mol. The number of anilines is 1. The van der Waals surface area contributed by atoms with Crippen LogP contribution in [0.5, 0.6) is 0 Å². The second kappa shape index (κ2) is 8.05. The molecule has 0 bridgehead atoms. The summed E-state index contributed by atoms with van der Waals surface area (Å²) in [6.07, 6.45) is 1.52. The highest BCUT2D eigenvalue weighted by molar-refractivity contribution is 6.29. The van der Waals surface area contributed by atoms with E-state index in [0.717, 1.165) is 31.7 Å². The van der Waals surface area contributed by atoms with Crippen LogP contribution in [0.2, 0.25) is 5.15 Å². The van der Waals surface area contributed by atoms with E-state index in [0.29, 0.717) is 31.3 Å². The molecule has 0 unspecified atom stereocenters. The van der Waals surface area contributed by atoms with Crippen LogP contribution in [0.1, 0.15) is 33.6 Å². The average molecular weight is 393 g/mol. The van der Waals surface area contributed by atoms with E-state index in [2.05, 4.69) is 9.88 Å². The van der Waals surface area contributed by atoms with Crippen molar-refractivity contribution in [3.8, 4) is 0 Å². The highest BCUT2D eigenvalue weighted by Gasteiger charge is 2.34. The third kappa shape index (κ3) is 4.72. The van der Waals surface area contributed by atoms with Crippen LogP contribution < -0.4 is 4.90 Å². The molecule has 2 amide bonds. The van der Waals surface area contributed by atoms with Crippen LogP contribution in [0.3, 0.4) is 0 Å². The van der Waals surface area contributed by atoms with Gasteiger partial charge in [0.15, 0.2) is 0 Å². The molecule has 6 nitrogen and oxygen atoms in total. The maximum absolute atomic E-state index is 12.9. The van der Waals surface area contributed by atoms with Gasteiger partial charge in [-0.1, -0.05) is 38.4 Å². The smallest absolute Gasteiger partial charge is 0.227 e. The van der Waals surface area contributed by atoms with Crippen molar-refractivity contribution in [1.82, 2.24) is 14.8 Å². The number of rotatable bonds is 2. The first-order chi connectivity index (χ1) is 12.8. The summed E-state index contributed by atoms with van der Waals surface area (Å²) in [4.78, 5) is 35.7. The van der Waals surface area contributed by atoms with Gasteiger partial charge in [-0.25, -0.2) is 4.98 Å². The molecule has 0 radical (unpaired) electrons. The number of piperidine rings is 1. The summed E-state index contributed by atoms with van der Waals surface area (Å²) in [6, 6.07) is 5.61. The first-order valence-corrected chi connectivity index (χ1v) is 10.1. The van der Waals surface area contributed by atoms with Crippen LogP contribution in [0.4, 0.5) is 5.82 Å². The molecule has 2 aliphatic rings. The minimum absolute atomic E-state index is 0.0323. The number of carbonyl (C=O) groups is 2. The molecule has 7 heteroatoms. The molecule has 148 valence electrons. The van der Waals surface area contributed by atoms with Gasteiger partial charge in [0.2, 0.25) is 11.8 Å². The molecule has 2 saturated heterocycles. The van der Waals surface area contributed by atoms with E-state index in [4.69, 9.17) is 11.6 Å². The Kier molecular flexibility index (Phi) is 5.94. The summed E-state index contributed by atoms with van der Waals surface area (Å²) in [5, 5.41) is 0.488. The first kappa shape index (κ1) is 19.9. The summed E-state index contributed by atoms with van der Waals surface area (Å²) in [5.74, 6) is 1.31. The quantitative estimate of drug-likeness (QED) is 0.726. The largest absolute Gasteiger partial charge is 0.353 e. The van der Waals surface area contributed by atoms with Crippen molar-refractivity contribution in [3.05, 3.63) is 23.4 Å². The van der Waals surface area contributed by atoms with Crippen molar-refractivity contribution in [2.24, 2.45) is 11.3 Å². The Hall–Kier alpha value is -1.82. The number of likely N-dealkylation sites (tertiary alicyclic amines) is 1. The number of amides is 2. The number of aromatic nitrogens is 1. The van der Waals surface area contributed by atoms with E-state index in [-0.39, 0.29) is 23.1 Å². The van der Waals surface area contributed by atoms with Gasteiger partial charge in [-0.3, -0.25) is 9.59 Å². The topological polar surface area (TPSA) is 56.8 Å². The maximum atomic E-state index is 12.9. The van der Waals surface area contributed by atoms with Gasteiger partial charge in [0, 0.05) is 50.6 Å². The van der Waals surface area contributed by atoms with Gasteiger partial charge < -0.3 is 14.7 Å². The number of halogens is 1. The molecule has 2 aliphatic heterocycles. The van der Waals surface area contributed by atoms with Crippen molar-refractivity contribution in [2.75, 3.05) is 44.2 Å². The molecule has 0 aromatic carbocycles. The van der Waals surface area contributed by atoms with Crippen LogP contribution in [-0.4, -0.2) is 65.9 Å². The van der Waals surface area contributed by atoms with Gasteiger partial charge in [-0.2, -0.15) is 0 Å². The molecular weight excluding hydrogens is 364 g/mol. The van der Waals surface area contributed by atoms with Gasteiger partial charge >= 0.3 is 0 Å². The van der Waals surface area contributed by atoms with Crippen molar-refractivity contribution < 1.29 is 9.59 Å². The van der Waals surface area contributed by atoms with Crippen molar-refractivity contribution in [3.63, 3.8) is 0 Å². The number of nitrogens with zero attached hydrogens (tertiary/aromatic N) is 4. The fourth-order valence-electron chi connectivity index (χ4n) is 3.79. The van der Waals surface area contributed by atoms with Crippen LogP contribution in [0.15, 0.2) is 18.2 Å². The highest BCUT2D eigenvalue weighted by atomic mass is 35.5. The van der Waals surface area contributed by atoms with Crippen molar-refractivity contribution in [2.45, 2.75) is 33.6 Å². The molecule has 3 rings (SSSR count). The minimum Gasteiger partial charge on any atom is -0.353 e. The van der Waals surface area contributed by atoms with Crippen molar-refractivity contribution in [1.29, 1.82) is 0 Å². The third-order valence-corrected chi connectivity index (χ3v) is 5.60. The van der Waals surface area contributed by atoms with Gasteiger partial charge in [0.05, 0.1) is 0 Å². The minimum atomic E-state index is -0.360. The summed E-state index contributed by atoms with van der Waals surface area (Å²) in [7, 11) is 0. The molecular formula is C20H29ClN4O2. The summed E-state index contributed by atoms with van der Waals surface area (Å²) < 4.78 is 0. The van der Waals surface area contributed by atoms with E-state index in [9.17, 15) is 9.59 Å². The Labute approximate surface area is 166 Å². The lowest BCUT2D eigenvalue weighted by Gasteiger charge is -2.39. The molecule has 0 aliphatic carbocycles. The molecule has 0 spiro atoms. The number of carbonyl (C=O) groups excluding carboxylic acids is 2. The van der Waals surface area contributed by atoms with Crippen LogP contribution in [0, 0.1) is 11.3 Å². The molecule has 1 aromatic rings. The molecule has 1 aromatic heterocycles. The Morgan fingerprint density at radius 3 is 2.19 bits per heavy atom. The fourth-order valence-corrected chi connectivity index (χ4v) is 3.95. The normalized spacial score (nSPS) is 19.3. The Morgan fingerprint density at radius 1 is 1.00 bits per heavy atom. The highest BCUT2D eigenvalue weighted by Crippen LogP contribution is 2.25. The maximum Gasteiger partial charge on any atom is 0.227 e. The Bertz CT molecular complexity index is 687. The number of hydrogen-bond acceptors (Lipinski definition) is 4. The Balaban J connectivity index is 1.50. The average Bonchev–Trinajstić information content (AvgIpc) is 2.66. The van der Waals surface area contributed by atoms with E-state index in [1.165, 1.54) is 0 Å². The molecule has 0 saturated carbocycles. The lowest BCUT2D eigenvalue weighted by Crippen LogP contribution is -2.52. The molecule has 0 N–H and O–H groups in total. The van der Waals surface area contributed by atoms with Gasteiger partial charge in [0.1, 0.15) is 11.0 Å². The van der Waals surface area contributed by atoms with E-state index >= 15 is 0 Å². The monoisotopic (exact) mass is 392 g/mol. The fraction of sp³-hybridized carbons (Fsp3) is 0.650. The molecule has 27 heavy (non-hydrogen) atoms. The second-order valence-corrected chi connectivity index (χ2v) is 8.83. The standard InChI is InChI=1S/C20H29ClN4O2/c1-20(2,3)19(27)25-9-7-15(8-10-25)18(26)24-13-11-23(12-14-24)17-6-4-5-16(21)22-17/h4-6,15H,7-14H2,1-3H3. The zero-order valence-corrected chi connectivity index (χ0v) is 17.2. The number of pyridine rings is 1. The first-order valence-electron chi connectivity index (χ1n) is 9.71. The second-order valence-electron chi connectivity index (χ2n) is 8.45. The van der Waals surface area contributed by atoms with Gasteiger partial charge in [-0.15, -0.1) is 0 Å². The van der Waals surface area contributed by atoms with Crippen molar-refractivity contribution >= 4 is 29.2 Å². The summed E-state index contributed by atoms with van der Waals surface area (Å²) in [5.41, 5.74) is -0.360. The number of piperazine rings is 1. The van der Waals surface area contributed by atoms with E-state index in [1.54, 1.807) is 6.07 Å². The van der Waals surface area contributed by atoms with Crippen LogP contribution in [0.25, 0.3) is 0 Å². The van der Waals surface area contributed by atoms with E-state index < -0.39 is 0 Å². The summed E-state index contributed by atoms with van der Waals surface area (Å²) >= 11 is 5.98. The molecule has 0 atom stereocenters. The van der Waals surface area contributed by atoms with Gasteiger partial charge in [0.25, 0.3) is 0 Å². The lowest BCUT2D eigenvalue weighted by atomic mass is 9.90. The lowest BCUT2D eigenvalue weighted by molar-refractivity contribution is -0.145. The zero-order chi connectivity index (χ0) is 19.6. The summed E-state index contributed by atoms with van der Waals surface area (Å²) in [6.45, 7) is 10.1. The zero-order valence-electron chi connectivity index (χ0n) is 16.4. The molecule has 3 heterocycles. The van der Waals surface area contributed by atoms with E-state index in [1.807, 2.05) is 42.7 Å². The van der Waals surface area contributed by atoms with Gasteiger partial charge in [-0.05, 0) is 25.0 Å².